The summed E-state index contributed by atoms with van der Waals surface area (Å²) in [5.41, 5.74) is 1.68. The maximum atomic E-state index is 12.9. The number of imidazole rings is 1. The molecule has 0 bridgehead atoms. The summed E-state index contributed by atoms with van der Waals surface area (Å²) in [6.07, 6.45) is -5.72. The average molecular weight is 754 g/mol. The largest absolute Gasteiger partial charge is 0.490 e. The van der Waals surface area contributed by atoms with Gasteiger partial charge in [0.1, 0.15) is 11.6 Å². The topological polar surface area (TPSA) is 203 Å². The van der Waals surface area contributed by atoms with Crippen LogP contribution in [0.15, 0.2) is 30.6 Å². The minimum absolute atomic E-state index is 0.0617. The molecule has 2 aromatic rings. The highest BCUT2D eigenvalue weighted by atomic mass is 19.4. The van der Waals surface area contributed by atoms with Gasteiger partial charge in [0, 0.05) is 18.5 Å². The number of aromatic amines is 1. The minimum Gasteiger partial charge on any atom is -0.475 e. The molecule has 51 heavy (non-hydrogen) atoms. The van der Waals surface area contributed by atoms with Crippen LogP contribution < -0.4 is 5.32 Å². The van der Waals surface area contributed by atoms with E-state index in [1.54, 1.807) is 19.3 Å². The number of aromatic nitrogens is 3. The van der Waals surface area contributed by atoms with E-state index in [-0.39, 0.29) is 23.7 Å². The molecule has 22 heteroatoms. The fourth-order valence-electron chi connectivity index (χ4n) is 3.90. The fraction of sp³-hybridized carbons (Fsp3) is 0.552. The molecule has 1 saturated heterocycles. The lowest BCUT2D eigenvalue weighted by atomic mass is 9.95. The first kappa shape index (κ1) is 46.2. The zero-order valence-electron chi connectivity index (χ0n) is 27.0. The van der Waals surface area contributed by atoms with Gasteiger partial charge in [0.2, 0.25) is 5.91 Å². The van der Waals surface area contributed by atoms with Crippen molar-refractivity contribution in [2.75, 3.05) is 20.1 Å². The Balaban J connectivity index is 0.000000966. The molecule has 288 valence electrons. The lowest BCUT2D eigenvalue weighted by Gasteiger charge is -2.29. The molecule has 0 saturated carbocycles. The number of hydrogen-bond acceptors (Lipinski definition) is 8. The second-order valence-corrected chi connectivity index (χ2v) is 10.7. The van der Waals surface area contributed by atoms with Crippen molar-refractivity contribution in [1.82, 2.24) is 25.2 Å². The highest BCUT2D eigenvalue weighted by molar-refractivity contribution is 5.79. The molecule has 0 unspecified atom stereocenters. The van der Waals surface area contributed by atoms with Crippen molar-refractivity contribution in [3.63, 3.8) is 0 Å². The number of likely N-dealkylation sites (tertiary alicyclic amines) is 1. The molecule has 5 N–H and O–H groups in total. The van der Waals surface area contributed by atoms with E-state index in [9.17, 15) is 49.1 Å². The number of nitrogens with zero attached hydrogens (tertiary/aromatic N) is 3. The number of amides is 1. The highest BCUT2D eigenvalue weighted by Gasteiger charge is 2.39. The molecule has 2 aromatic heterocycles. The van der Waals surface area contributed by atoms with Crippen LogP contribution in [0.4, 0.5) is 39.5 Å². The van der Waals surface area contributed by atoms with Crippen molar-refractivity contribution in [2.45, 2.75) is 76.4 Å². The number of piperidine rings is 1. The standard InChI is InChI=1S/C23H33N5O2.3C2HF3O2/c1-17(29)8-4-3-5-10-20(27-23(30)18-11-14-28(2)15-12-18)22-25-16-21(26-22)19-9-6-7-13-24-19;3*3-2(4,5)1(6)7/h6-7,9,13,16,18,20H,3-5,8,10-12,14-15H2,1-2H3,(H,25,26)(H,27,30);3*(H,6,7)/t20-;;;/m0.../s1. The second-order valence-electron chi connectivity index (χ2n) is 10.7. The van der Waals surface area contributed by atoms with E-state index in [4.69, 9.17) is 29.7 Å². The van der Waals surface area contributed by atoms with E-state index in [1.165, 1.54) is 0 Å². The third-order valence-corrected chi connectivity index (χ3v) is 6.52. The third kappa shape index (κ3) is 20.5. The number of carbonyl (C=O) groups is 5. The molecule has 0 radical (unpaired) electrons. The van der Waals surface area contributed by atoms with Gasteiger partial charge in [-0.05, 0) is 64.9 Å². The molecule has 3 heterocycles. The maximum Gasteiger partial charge on any atom is 0.490 e. The van der Waals surface area contributed by atoms with Gasteiger partial charge in [0.15, 0.2) is 0 Å². The molecular formula is C29H36F9N5O8. The number of unbranched alkanes of at least 4 members (excludes halogenated alkanes) is 2. The number of halogens is 9. The predicted octanol–water partition coefficient (Wildman–Crippen LogP) is 5.41. The minimum atomic E-state index is -5.08. The van der Waals surface area contributed by atoms with E-state index in [0.717, 1.165) is 68.8 Å². The van der Waals surface area contributed by atoms with Gasteiger partial charge in [-0.3, -0.25) is 9.78 Å². The van der Waals surface area contributed by atoms with E-state index in [1.807, 2.05) is 18.2 Å². The molecule has 1 atom stereocenters. The van der Waals surface area contributed by atoms with E-state index >= 15 is 0 Å². The van der Waals surface area contributed by atoms with Crippen LogP contribution in [-0.2, 0) is 24.0 Å². The maximum absolute atomic E-state index is 12.9. The summed E-state index contributed by atoms with van der Waals surface area (Å²) in [6, 6.07) is 5.60. The van der Waals surface area contributed by atoms with Crippen LogP contribution >= 0.6 is 0 Å². The Bertz CT molecular complexity index is 1340. The number of hydrogen-bond donors (Lipinski definition) is 5. The zero-order valence-corrected chi connectivity index (χ0v) is 27.0. The number of H-pyrrole nitrogens is 1. The Morgan fingerprint density at radius 3 is 1.75 bits per heavy atom. The lowest BCUT2D eigenvalue weighted by Crippen LogP contribution is -2.40. The van der Waals surface area contributed by atoms with Crippen LogP contribution in [-0.4, -0.2) is 103 Å². The average Bonchev–Trinajstić information content (AvgIpc) is 3.51. The molecule has 1 fully saturated rings. The number of nitrogens with one attached hydrogen (secondary N) is 2. The number of carboxylic acids is 3. The summed E-state index contributed by atoms with van der Waals surface area (Å²) in [5, 5.41) is 24.6. The van der Waals surface area contributed by atoms with Crippen molar-refractivity contribution >= 4 is 29.6 Å². The summed E-state index contributed by atoms with van der Waals surface area (Å²) in [5.74, 6) is -7.09. The molecule has 3 rings (SSSR count). The van der Waals surface area contributed by atoms with Crippen molar-refractivity contribution < 1.29 is 78.8 Å². The number of carbonyl (C=O) groups excluding carboxylic acids is 2. The third-order valence-electron chi connectivity index (χ3n) is 6.52. The first-order valence-corrected chi connectivity index (χ1v) is 14.7. The SMILES string of the molecule is CC(=O)CCCCC[C@H](NC(=O)C1CCN(C)CC1)c1ncc(-c2ccccn2)[nH]1.O=C(O)C(F)(F)F.O=C(O)C(F)(F)F.O=C(O)C(F)(F)F. The number of rotatable bonds is 10. The summed E-state index contributed by atoms with van der Waals surface area (Å²) in [6.45, 7) is 3.55. The lowest BCUT2D eigenvalue weighted by molar-refractivity contribution is -0.193. The van der Waals surface area contributed by atoms with Crippen LogP contribution in [0.25, 0.3) is 11.4 Å². The number of pyridine rings is 1. The Morgan fingerprint density at radius 1 is 0.843 bits per heavy atom. The Morgan fingerprint density at radius 2 is 1.33 bits per heavy atom. The summed E-state index contributed by atoms with van der Waals surface area (Å²) in [7, 11) is 2.10. The highest BCUT2D eigenvalue weighted by Crippen LogP contribution is 2.24. The van der Waals surface area contributed by atoms with Gasteiger partial charge in [-0.2, -0.15) is 39.5 Å². The van der Waals surface area contributed by atoms with Gasteiger partial charge >= 0.3 is 36.4 Å². The molecule has 1 aliphatic rings. The molecule has 1 aliphatic heterocycles. The number of Topliss-reactive ketones (excluding diaryl/α,β-unsaturated/α-hetero) is 1. The van der Waals surface area contributed by atoms with Crippen molar-refractivity contribution in [3.8, 4) is 11.4 Å². The summed E-state index contributed by atoms with van der Waals surface area (Å²) >= 11 is 0. The first-order valence-electron chi connectivity index (χ1n) is 14.7. The Labute approximate surface area is 284 Å². The van der Waals surface area contributed by atoms with Crippen LogP contribution in [0.1, 0.15) is 63.7 Å². The van der Waals surface area contributed by atoms with Gasteiger partial charge in [-0.1, -0.05) is 18.9 Å². The normalized spacial score (nSPS) is 14.3. The van der Waals surface area contributed by atoms with Gasteiger partial charge in [-0.25, -0.2) is 19.4 Å². The molecule has 0 aromatic carbocycles. The molecule has 0 aliphatic carbocycles. The van der Waals surface area contributed by atoms with Crippen molar-refractivity contribution in [1.29, 1.82) is 0 Å². The fourth-order valence-corrected chi connectivity index (χ4v) is 3.90. The second kappa shape index (κ2) is 21.5. The van der Waals surface area contributed by atoms with Crippen molar-refractivity contribution in [3.05, 3.63) is 36.4 Å². The summed E-state index contributed by atoms with van der Waals surface area (Å²) in [4.78, 5) is 65.3. The summed E-state index contributed by atoms with van der Waals surface area (Å²) < 4.78 is 95.2. The molecule has 13 nitrogen and oxygen atoms in total. The van der Waals surface area contributed by atoms with E-state index in [2.05, 4.69) is 32.2 Å². The van der Waals surface area contributed by atoms with Gasteiger partial charge in [0.05, 0.1) is 23.6 Å². The van der Waals surface area contributed by atoms with Gasteiger partial charge in [-0.15, -0.1) is 0 Å². The molecule has 0 spiro atoms. The van der Waals surface area contributed by atoms with Crippen LogP contribution in [0.3, 0.4) is 0 Å². The first-order chi connectivity index (χ1) is 23.4. The van der Waals surface area contributed by atoms with Crippen molar-refractivity contribution in [2.24, 2.45) is 5.92 Å². The van der Waals surface area contributed by atoms with E-state index < -0.39 is 36.4 Å². The number of carboxylic acid groups (broad SMARTS) is 3. The Hall–Kier alpha value is -4.76. The smallest absolute Gasteiger partial charge is 0.475 e. The monoisotopic (exact) mass is 753 g/mol. The van der Waals surface area contributed by atoms with Gasteiger partial charge in [0.25, 0.3) is 0 Å². The van der Waals surface area contributed by atoms with Gasteiger partial charge < -0.3 is 35.3 Å². The van der Waals surface area contributed by atoms with Crippen LogP contribution in [0.5, 0.6) is 0 Å². The number of alkyl halides is 9. The molecule has 1 amide bonds. The molecular weight excluding hydrogens is 717 g/mol. The zero-order chi connectivity index (χ0) is 39.6. The quantitative estimate of drug-likeness (QED) is 0.153. The van der Waals surface area contributed by atoms with Crippen LogP contribution in [0, 0.1) is 5.92 Å². The number of aliphatic carboxylic acids is 3. The van der Waals surface area contributed by atoms with Crippen LogP contribution in [0.2, 0.25) is 0 Å². The predicted molar refractivity (Wildman–Crippen MR) is 158 cm³/mol. The Kier molecular flexibility index (Phi) is 19.5. The number of ketones is 1. The van der Waals surface area contributed by atoms with E-state index in [0.29, 0.717) is 6.42 Å².